The molecular formula is C21H28N4O4S. The summed E-state index contributed by atoms with van der Waals surface area (Å²) in [6.45, 7) is 3.72. The molecule has 0 radical (unpaired) electrons. The lowest BCUT2D eigenvalue weighted by molar-refractivity contribution is -0.117. The van der Waals surface area contributed by atoms with Crippen molar-refractivity contribution in [2.75, 3.05) is 30.8 Å². The molecule has 3 rings (SSSR count). The molecule has 8 nitrogen and oxygen atoms in total. The predicted octanol–water partition coefficient (Wildman–Crippen LogP) is 1.58. The van der Waals surface area contributed by atoms with Gasteiger partial charge in [0.25, 0.3) is 0 Å². The lowest BCUT2D eigenvalue weighted by atomic mass is 9.74. The Morgan fingerprint density at radius 2 is 1.83 bits per heavy atom. The van der Waals surface area contributed by atoms with Crippen LogP contribution in [0.1, 0.15) is 25.3 Å². The Kier molecular flexibility index (Phi) is 6.77. The second-order valence-electron chi connectivity index (χ2n) is 7.68. The summed E-state index contributed by atoms with van der Waals surface area (Å²) in [4.78, 5) is 12.6. The number of sulfonamides is 1. The molecule has 9 heteroatoms. The van der Waals surface area contributed by atoms with E-state index in [1.807, 2.05) is 18.2 Å². The fraction of sp³-hybridized carbons (Fsp3) is 0.381. The molecule has 2 aromatic rings. The Labute approximate surface area is 177 Å². The number of nitrogens with two attached hydrogens (primary N) is 2. The lowest BCUT2D eigenvalue weighted by Gasteiger charge is -2.39. The highest BCUT2D eigenvalue weighted by Gasteiger charge is 2.35. The number of rotatable bonds is 7. The van der Waals surface area contributed by atoms with E-state index in [0.717, 1.165) is 18.4 Å². The third kappa shape index (κ3) is 5.37. The van der Waals surface area contributed by atoms with Crippen molar-refractivity contribution in [3.63, 3.8) is 0 Å². The fourth-order valence-electron chi connectivity index (χ4n) is 3.62. The molecule has 1 saturated heterocycles. The van der Waals surface area contributed by atoms with Crippen LogP contribution >= 0.6 is 0 Å². The maximum absolute atomic E-state index is 12.6. The van der Waals surface area contributed by atoms with Gasteiger partial charge in [-0.2, -0.15) is 0 Å². The maximum Gasteiger partial charge on any atom is 0.241 e. The number of carbonyl (C=O) groups is 1. The van der Waals surface area contributed by atoms with Gasteiger partial charge in [-0.15, -0.1) is 0 Å². The molecular weight excluding hydrogens is 404 g/mol. The Bertz CT molecular complexity index is 986. The minimum absolute atomic E-state index is 0.00438. The van der Waals surface area contributed by atoms with Crippen LogP contribution in [0.2, 0.25) is 0 Å². The molecule has 30 heavy (non-hydrogen) atoms. The van der Waals surface area contributed by atoms with Crippen molar-refractivity contribution in [3.8, 4) is 0 Å². The lowest BCUT2D eigenvalue weighted by Crippen LogP contribution is -2.48. The molecule has 0 aromatic heterocycles. The molecule has 1 fully saturated rings. The molecule has 6 N–H and O–H groups in total. The van der Waals surface area contributed by atoms with Crippen LogP contribution < -0.4 is 21.5 Å². The molecule has 1 atom stereocenters. The Balaban J connectivity index is 1.65. The first-order valence-corrected chi connectivity index (χ1v) is 11.4. The summed E-state index contributed by atoms with van der Waals surface area (Å²) in [6.07, 6.45) is 1.68. The van der Waals surface area contributed by atoms with E-state index >= 15 is 0 Å². The standard InChI is InChI=1S/C21H28N4O4S/c1-15(20(26)25-18-5-7-19(8-6-18)30(23,27)28)24-14-21(9-11-29-12-10-21)16-3-2-4-17(22)13-16/h2-8,13,15,24H,9-12,14,22H2,1H3,(H,25,26)(H2,23,27,28). The Morgan fingerprint density at radius 1 is 1.17 bits per heavy atom. The van der Waals surface area contributed by atoms with Crippen molar-refractivity contribution in [2.24, 2.45) is 5.14 Å². The largest absolute Gasteiger partial charge is 0.399 e. The summed E-state index contributed by atoms with van der Waals surface area (Å²) in [5, 5.41) is 11.2. The third-order valence-electron chi connectivity index (χ3n) is 5.54. The first kappa shape index (κ1) is 22.2. The number of nitrogen functional groups attached to an aromatic ring is 1. The summed E-state index contributed by atoms with van der Waals surface area (Å²) in [6, 6.07) is 13.2. The van der Waals surface area contributed by atoms with Crippen molar-refractivity contribution < 1.29 is 17.9 Å². The first-order chi connectivity index (χ1) is 14.2. The summed E-state index contributed by atoms with van der Waals surface area (Å²) >= 11 is 0. The number of hydrogen-bond donors (Lipinski definition) is 4. The molecule has 1 heterocycles. The monoisotopic (exact) mass is 432 g/mol. The van der Waals surface area contributed by atoms with Crippen LogP contribution in [0, 0.1) is 0 Å². The molecule has 1 aliphatic heterocycles. The van der Waals surface area contributed by atoms with Crippen LogP contribution in [0.15, 0.2) is 53.4 Å². The number of nitrogens with one attached hydrogen (secondary N) is 2. The Hall–Kier alpha value is -2.46. The molecule has 1 unspecified atom stereocenters. The van der Waals surface area contributed by atoms with Crippen molar-refractivity contribution in [1.82, 2.24) is 5.32 Å². The zero-order valence-electron chi connectivity index (χ0n) is 16.9. The van der Waals surface area contributed by atoms with E-state index in [4.69, 9.17) is 15.6 Å². The van der Waals surface area contributed by atoms with E-state index in [1.54, 1.807) is 6.92 Å². The number of benzene rings is 2. The van der Waals surface area contributed by atoms with Gasteiger partial charge >= 0.3 is 0 Å². The van der Waals surface area contributed by atoms with Gasteiger partial charge in [0, 0.05) is 36.5 Å². The van der Waals surface area contributed by atoms with Gasteiger partial charge in [0.2, 0.25) is 15.9 Å². The van der Waals surface area contributed by atoms with Crippen LogP contribution in [0.4, 0.5) is 11.4 Å². The van der Waals surface area contributed by atoms with Gasteiger partial charge in [-0.25, -0.2) is 13.6 Å². The van der Waals surface area contributed by atoms with Gasteiger partial charge in [0.1, 0.15) is 0 Å². The quantitative estimate of drug-likeness (QED) is 0.490. The van der Waals surface area contributed by atoms with E-state index in [1.165, 1.54) is 24.3 Å². The minimum Gasteiger partial charge on any atom is -0.399 e. The van der Waals surface area contributed by atoms with Gasteiger partial charge in [0.15, 0.2) is 0 Å². The fourth-order valence-corrected chi connectivity index (χ4v) is 4.13. The zero-order valence-corrected chi connectivity index (χ0v) is 17.7. The average Bonchev–Trinajstić information content (AvgIpc) is 2.72. The summed E-state index contributed by atoms with van der Waals surface area (Å²) in [5.41, 5.74) is 8.19. The van der Waals surface area contributed by atoms with Crippen LogP contribution in [0.25, 0.3) is 0 Å². The number of ether oxygens (including phenoxy) is 1. The van der Waals surface area contributed by atoms with Crippen LogP contribution in [0.5, 0.6) is 0 Å². The van der Waals surface area contributed by atoms with E-state index in [-0.39, 0.29) is 16.2 Å². The van der Waals surface area contributed by atoms with E-state index in [9.17, 15) is 13.2 Å². The molecule has 1 amide bonds. The van der Waals surface area contributed by atoms with Crippen LogP contribution in [0.3, 0.4) is 0 Å². The van der Waals surface area contributed by atoms with E-state index < -0.39 is 16.1 Å². The highest BCUT2D eigenvalue weighted by molar-refractivity contribution is 7.89. The highest BCUT2D eigenvalue weighted by atomic mass is 32.2. The molecule has 2 aromatic carbocycles. The van der Waals surface area contributed by atoms with E-state index in [2.05, 4.69) is 16.7 Å². The van der Waals surface area contributed by atoms with Gasteiger partial charge in [-0.1, -0.05) is 12.1 Å². The van der Waals surface area contributed by atoms with Gasteiger partial charge in [0.05, 0.1) is 10.9 Å². The molecule has 1 aliphatic rings. The number of carbonyl (C=O) groups excluding carboxylic acids is 1. The molecule has 0 bridgehead atoms. The molecule has 0 spiro atoms. The zero-order chi connectivity index (χ0) is 21.8. The van der Waals surface area contributed by atoms with Crippen molar-refractivity contribution in [3.05, 3.63) is 54.1 Å². The topological polar surface area (TPSA) is 137 Å². The minimum atomic E-state index is -3.77. The highest BCUT2D eigenvalue weighted by Crippen LogP contribution is 2.35. The summed E-state index contributed by atoms with van der Waals surface area (Å²) < 4.78 is 28.2. The smallest absolute Gasteiger partial charge is 0.241 e. The summed E-state index contributed by atoms with van der Waals surface area (Å²) in [7, 11) is -3.77. The number of primary sulfonamides is 1. The first-order valence-electron chi connectivity index (χ1n) is 9.80. The summed E-state index contributed by atoms with van der Waals surface area (Å²) in [5.74, 6) is -0.215. The van der Waals surface area contributed by atoms with Gasteiger partial charge in [-0.3, -0.25) is 4.79 Å². The second kappa shape index (κ2) is 9.13. The molecule has 0 saturated carbocycles. The number of anilines is 2. The van der Waals surface area contributed by atoms with Gasteiger partial charge in [-0.05, 0) is 61.7 Å². The average molecular weight is 433 g/mol. The van der Waals surface area contributed by atoms with Crippen molar-refractivity contribution in [2.45, 2.75) is 36.1 Å². The normalized spacial score (nSPS) is 17.3. The SMILES string of the molecule is CC(NCC1(c2cccc(N)c2)CCOCC1)C(=O)Nc1ccc(S(N)(=O)=O)cc1. The van der Waals surface area contributed by atoms with E-state index in [0.29, 0.717) is 31.1 Å². The van der Waals surface area contributed by atoms with Crippen LogP contribution in [-0.4, -0.2) is 40.1 Å². The second-order valence-corrected chi connectivity index (χ2v) is 9.24. The van der Waals surface area contributed by atoms with Gasteiger partial charge < -0.3 is 21.1 Å². The molecule has 0 aliphatic carbocycles. The van der Waals surface area contributed by atoms with Crippen molar-refractivity contribution >= 4 is 27.3 Å². The van der Waals surface area contributed by atoms with Crippen LogP contribution in [-0.2, 0) is 25.0 Å². The third-order valence-corrected chi connectivity index (χ3v) is 6.47. The Morgan fingerprint density at radius 3 is 2.43 bits per heavy atom. The molecule has 162 valence electrons. The maximum atomic E-state index is 12.6. The van der Waals surface area contributed by atoms with Crippen molar-refractivity contribution in [1.29, 1.82) is 0 Å². The number of amides is 1. The number of hydrogen-bond acceptors (Lipinski definition) is 6. The predicted molar refractivity (Wildman–Crippen MR) is 116 cm³/mol.